The van der Waals surface area contributed by atoms with Gasteiger partial charge in [-0.2, -0.15) is 0 Å². The lowest BCUT2D eigenvalue weighted by Gasteiger charge is -2.29. The van der Waals surface area contributed by atoms with E-state index >= 15 is 0 Å². The maximum Gasteiger partial charge on any atom is 0.220 e. The van der Waals surface area contributed by atoms with Crippen LogP contribution in [-0.2, 0) is 11.2 Å². The fourth-order valence-corrected chi connectivity index (χ4v) is 2.38. The molecule has 0 saturated carbocycles. The van der Waals surface area contributed by atoms with Crippen LogP contribution in [0.3, 0.4) is 0 Å². The van der Waals surface area contributed by atoms with Crippen molar-refractivity contribution in [1.29, 1.82) is 0 Å². The van der Waals surface area contributed by atoms with Gasteiger partial charge in [0.2, 0.25) is 5.91 Å². The standard InChI is InChI=1S/C18H29NO4/c1-6-13(2)18(3,21)12-19-16(20)11-10-14-8-7-9-15(22-4)17(14)23-5/h7-9,13,21H,6,10-12H2,1-5H3,(H,19,20). The van der Waals surface area contributed by atoms with Gasteiger partial charge >= 0.3 is 0 Å². The van der Waals surface area contributed by atoms with E-state index in [0.29, 0.717) is 24.3 Å². The molecule has 2 N–H and O–H groups in total. The smallest absolute Gasteiger partial charge is 0.220 e. The zero-order valence-corrected chi connectivity index (χ0v) is 14.8. The Bertz CT molecular complexity index is 514. The number of nitrogens with one attached hydrogen (secondary N) is 1. The molecule has 5 nitrogen and oxygen atoms in total. The second-order valence-corrected chi connectivity index (χ2v) is 6.10. The number of hydrogen-bond acceptors (Lipinski definition) is 4. The fraction of sp³-hybridized carbons (Fsp3) is 0.611. The summed E-state index contributed by atoms with van der Waals surface area (Å²) in [5.41, 5.74) is 0.0358. The van der Waals surface area contributed by atoms with Crippen molar-refractivity contribution < 1.29 is 19.4 Å². The molecule has 130 valence electrons. The summed E-state index contributed by atoms with van der Waals surface area (Å²) in [7, 11) is 3.18. The third-order valence-corrected chi connectivity index (χ3v) is 4.42. The first kappa shape index (κ1) is 19.3. The molecule has 1 aromatic rings. The summed E-state index contributed by atoms with van der Waals surface area (Å²) in [6.45, 7) is 6.02. The molecule has 0 fully saturated rings. The molecule has 2 unspecified atom stereocenters. The number of methoxy groups -OCH3 is 2. The van der Waals surface area contributed by atoms with Crippen LogP contribution in [0.5, 0.6) is 11.5 Å². The van der Waals surface area contributed by atoms with E-state index in [2.05, 4.69) is 5.32 Å². The topological polar surface area (TPSA) is 67.8 Å². The Morgan fingerprint density at radius 2 is 2.04 bits per heavy atom. The number of aliphatic hydroxyl groups is 1. The molecule has 0 saturated heterocycles. The van der Waals surface area contributed by atoms with E-state index in [0.717, 1.165) is 12.0 Å². The number of carbonyl (C=O) groups excluding carboxylic acids is 1. The van der Waals surface area contributed by atoms with Crippen molar-refractivity contribution in [2.45, 2.75) is 45.6 Å². The van der Waals surface area contributed by atoms with Crippen molar-refractivity contribution in [3.05, 3.63) is 23.8 Å². The highest BCUT2D eigenvalue weighted by molar-refractivity contribution is 5.76. The highest BCUT2D eigenvalue weighted by Gasteiger charge is 2.27. The van der Waals surface area contributed by atoms with Gasteiger partial charge in [0, 0.05) is 13.0 Å². The van der Waals surface area contributed by atoms with Crippen LogP contribution in [0.25, 0.3) is 0 Å². The monoisotopic (exact) mass is 323 g/mol. The van der Waals surface area contributed by atoms with Crippen molar-refractivity contribution in [3.63, 3.8) is 0 Å². The molecular formula is C18H29NO4. The summed E-state index contributed by atoms with van der Waals surface area (Å²) >= 11 is 0. The molecular weight excluding hydrogens is 294 g/mol. The van der Waals surface area contributed by atoms with Gasteiger partial charge in [0.25, 0.3) is 0 Å². The Morgan fingerprint density at radius 3 is 2.61 bits per heavy atom. The normalized spacial score (nSPS) is 14.7. The predicted octanol–water partition coefficient (Wildman–Crippen LogP) is 2.55. The van der Waals surface area contributed by atoms with E-state index < -0.39 is 5.60 Å². The molecule has 2 atom stereocenters. The van der Waals surface area contributed by atoms with Gasteiger partial charge in [0.15, 0.2) is 11.5 Å². The molecule has 0 spiro atoms. The molecule has 0 aliphatic heterocycles. The first-order valence-corrected chi connectivity index (χ1v) is 8.04. The van der Waals surface area contributed by atoms with E-state index in [1.165, 1.54) is 0 Å². The van der Waals surface area contributed by atoms with Crippen molar-refractivity contribution >= 4 is 5.91 Å². The number of carbonyl (C=O) groups is 1. The summed E-state index contributed by atoms with van der Waals surface area (Å²) in [5, 5.41) is 13.1. The van der Waals surface area contributed by atoms with E-state index in [1.807, 2.05) is 32.0 Å². The minimum Gasteiger partial charge on any atom is -0.493 e. The number of rotatable bonds is 9. The summed E-state index contributed by atoms with van der Waals surface area (Å²) in [5.74, 6) is 1.36. The SMILES string of the molecule is CCC(C)C(C)(O)CNC(=O)CCc1cccc(OC)c1OC. The Balaban J connectivity index is 2.57. The van der Waals surface area contributed by atoms with Gasteiger partial charge in [-0.25, -0.2) is 0 Å². The molecule has 0 aliphatic rings. The molecule has 1 rings (SSSR count). The van der Waals surface area contributed by atoms with Gasteiger partial charge in [-0.15, -0.1) is 0 Å². The minimum absolute atomic E-state index is 0.0848. The average molecular weight is 323 g/mol. The third kappa shape index (κ3) is 5.43. The molecule has 0 bridgehead atoms. The van der Waals surface area contributed by atoms with Gasteiger partial charge in [-0.3, -0.25) is 4.79 Å². The van der Waals surface area contributed by atoms with Crippen LogP contribution < -0.4 is 14.8 Å². The van der Waals surface area contributed by atoms with Crippen LogP contribution >= 0.6 is 0 Å². The van der Waals surface area contributed by atoms with E-state index in [9.17, 15) is 9.90 Å². The van der Waals surface area contributed by atoms with Gasteiger partial charge in [0.1, 0.15) is 0 Å². The number of ether oxygens (including phenoxy) is 2. The quantitative estimate of drug-likeness (QED) is 0.733. The number of amides is 1. The van der Waals surface area contributed by atoms with E-state index in [-0.39, 0.29) is 18.4 Å². The second-order valence-electron chi connectivity index (χ2n) is 6.10. The lowest BCUT2D eigenvalue weighted by atomic mass is 9.88. The maximum absolute atomic E-state index is 12.0. The third-order valence-electron chi connectivity index (χ3n) is 4.42. The van der Waals surface area contributed by atoms with Gasteiger partial charge in [0.05, 0.1) is 19.8 Å². The Labute approximate surface area is 139 Å². The van der Waals surface area contributed by atoms with Crippen molar-refractivity contribution in [2.75, 3.05) is 20.8 Å². The highest BCUT2D eigenvalue weighted by Crippen LogP contribution is 2.31. The molecule has 0 aromatic heterocycles. The van der Waals surface area contributed by atoms with Gasteiger partial charge in [-0.05, 0) is 30.9 Å². The second kappa shape index (κ2) is 8.77. The van der Waals surface area contributed by atoms with E-state index in [1.54, 1.807) is 21.1 Å². The summed E-state index contributed by atoms with van der Waals surface area (Å²) in [6.07, 6.45) is 1.75. The first-order valence-electron chi connectivity index (χ1n) is 8.04. The maximum atomic E-state index is 12.0. The molecule has 0 aliphatic carbocycles. The summed E-state index contributed by atoms with van der Waals surface area (Å²) in [4.78, 5) is 12.0. The highest BCUT2D eigenvalue weighted by atomic mass is 16.5. The molecule has 5 heteroatoms. The van der Waals surface area contributed by atoms with Crippen molar-refractivity contribution in [1.82, 2.24) is 5.32 Å². The molecule has 0 heterocycles. The minimum atomic E-state index is -0.891. The predicted molar refractivity (Wildman–Crippen MR) is 91.0 cm³/mol. The van der Waals surface area contributed by atoms with Gasteiger partial charge < -0.3 is 19.9 Å². The zero-order valence-electron chi connectivity index (χ0n) is 14.8. The zero-order chi connectivity index (χ0) is 17.5. The fourth-order valence-electron chi connectivity index (χ4n) is 2.38. The van der Waals surface area contributed by atoms with Crippen LogP contribution in [0.1, 0.15) is 39.2 Å². The first-order chi connectivity index (χ1) is 10.9. The Morgan fingerprint density at radius 1 is 1.35 bits per heavy atom. The van der Waals surface area contributed by atoms with Crippen LogP contribution in [0.2, 0.25) is 0 Å². The molecule has 1 aromatic carbocycles. The number of benzene rings is 1. The number of hydrogen-bond donors (Lipinski definition) is 2. The summed E-state index contributed by atoms with van der Waals surface area (Å²) in [6, 6.07) is 5.62. The average Bonchev–Trinajstić information content (AvgIpc) is 2.56. The Kier molecular flexibility index (Phi) is 7.36. The Hall–Kier alpha value is -1.75. The molecule has 1 amide bonds. The van der Waals surface area contributed by atoms with Crippen LogP contribution in [0.15, 0.2) is 18.2 Å². The van der Waals surface area contributed by atoms with Crippen LogP contribution in [0.4, 0.5) is 0 Å². The lowest BCUT2D eigenvalue weighted by molar-refractivity contribution is -0.122. The van der Waals surface area contributed by atoms with Crippen LogP contribution in [-0.4, -0.2) is 37.4 Å². The lowest BCUT2D eigenvalue weighted by Crippen LogP contribution is -2.45. The number of aryl methyl sites for hydroxylation is 1. The summed E-state index contributed by atoms with van der Waals surface area (Å²) < 4.78 is 10.6. The van der Waals surface area contributed by atoms with Gasteiger partial charge in [-0.1, -0.05) is 32.4 Å². The molecule has 0 radical (unpaired) electrons. The molecule has 23 heavy (non-hydrogen) atoms. The van der Waals surface area contributed by atoms with Crippen molar-refractivity contribution in [3.8, 4) is 11.5 Å². The largest absolute Gasteiger partial charge is 0.493 e. The van der Waals surface area contributed by atoms with Crippen LogP contribution in [0, 0.1) is 5.92 Å². The number of para-hydroxylation sites is 1. The van der Waals surface area contributed by atoms with E-state index in [4.69, 9.17) is 9.47 Å². The van der Waals surface area contributed by atoms with Crippen molar-refractivity contribution in [2.24, 2.45) is 5.92 Å².